The Morgan fingerprint density at radius 1 is 0.696 bits per heavy atom. The molecule has 0 nitrogen and oxygen atoms in total. The van der Waals surface area contributed by atoms with Gasteiger partial charge in [-0.25, -0.2) is 0 Å². The van der Waals surface area contributed by atoms with Gasteiger partial charge in [0.2, 0.25) is 0 Å². The summed E-state index contributed by atoms with van der Waals surface area (Å²) in [6, 6.07) is 0. The Bertz CT molecular complexity index is 492. The first-order valence-electron chi connectivity index (χ1n) is 10.9. The zero-order valence-electron chi connectivity index (χ0n) is 16.1. The largest absolute Gasteiger partial charge is 0.0622 e. The van der Waals surface area contributed by atoms with Gasteiger partial charge in [-0.2, -0.15) is 0 Å². The highest BCUT2D eigenvalue weighted by Gasteiger charge is 2.67. The molecule has 130 valence electrons. The van der Waals surface area contributed by atoms with Gasteiger partial charge in [-0.3, -0.25) is 0 Å². The van der Waals surface area contributed by atoms with Gasteiger partial charge in [-0.05, 0) is 103 Å². The maximum absolute atomic E-state index is 2.67. The van der Waals surface area contributed by atoms with Gasteiger partial charge in [0.05, 0.1) is 0 Å². The maximum atomic E-state index is 2.67. The molecule has 0 heteroatoms. The molecule has 12 atom stereocenters. The predicted molar refractivity (Wildman–Crippen MR) is 96.9 cm³/mol. The first-order valence-corrected chi connectivity index (χ1v) is 10.9. The van der Waals surface area contributed by atoms with E-state index in [9.17, 15) is 0 Å². The maximum Gasteiger partial charge on any atom is -0.0232 e. The standard InChI is InChI=1S/C23H38/c1-12-6-7-18(12)22-15(4)19-8-17(22)9-21(19)23-10-13(2)14(3)20(11-23)16(23)5/h12-22H,6-11H2,1-5H3. The van der Waals surface area contributed by atoms with Gasteiger partial charge >= 0.3 is 0 Å². The van der Waals surface area contributed by atoms with E-state index < -0.39 is 0 Å². The molecule has 0 aromatic rings. The van der Waals surface area contributed by atoms with Crippen molar-refractivity contribution < 1.29 is 0 Å². The minimum absolute atomic E-state index is 0.778. The molecule has 0 amide bonds. The van der Waals surface area contributed by atoms with Crippen molar-refractivity contribution in [1.82, 2.24) is 0 Å². The van der Waals surface area contributed by atoms with Crippen molar-refractivity contribution in [3.8, 4) is 0 Å². The molecule has 0 aromatic carbocycles. The topological polar surface area (TPSA) is 0 Å². The molecule has 6 saturated carbocycles. The van der Waals surface area contributed by atoms with Crippen LogP contribution in [0.4, 0.5) is 0 Å². The molecule has 0 N–H and O–H groups in total. The van der Waals surface area contributed by atoms with E-state index in [0.29, 0.717) is 0 Å². The number of rotatable bonds is 2. The van der Waals surface area contributed by atoms with Crippen LogP contribution in [0, 0.1) is 70.5 Å². The van der Waals surface area contributed by atoms with Gasteiger partial charge in [0.15, 0.2) is 0 Å². The Morgan fingerprint density at radius 3 is 2.04 bits per heavy atom. The Labute approximate surface area is 144 Å². The molecule has 0 aliphatic heterocycles. The average Bonchev–Trinajstić information content (AvgIpc) is 3.07. The summed E-state index contributed by atoms with van der Waals surface area (Å²) < 4.78 is 0. The second-order valence-corrected chi connectivity index (χ2v) is 11.1. The molecule has 23 heavy (non-hydrogen) atoms. The Morgan fingerprint density at radius 2 is 1.48 bits per heavy atom. The smallest absolute Gasteiger partial charge is 0.0232 e. The fraction of sp³-hybridized carbons (Fsp3) is 1.00. The molecule has 0 spiro atoms. The van der Waals surface area contributed by atoms with Crippen molar-refractivity contribution in [1.29, 1.82) is 0 Å². The lowest BCUT2D eigenvalue weighted by Crippen LogP contribution is -2.61. The highest BCUT2D eigenvalue weighted by atomic mass is 14.7. The van der Waals surface area contributed by atoms with Gasteiger partial charge in [-0.1, -0.05) is 41.0 Å². The summed E-state index contributed by atoms with van der Waals surface area (Å²) in [5, 5.41) is 0. The van der Waals surface area contributed by atoms with Crippen molar-refractivity contribution in [2.75, 3.05) is 0 Å². The van der Waals surface area contributed by atoms with E-state index in [-0.39, 0.29) is 0 Å². The lowest BCUT2D eigenvalue weighted by Gasteiger charge is -2.67. The molecule has 0 heterocycles. The Kier molecular flexibility index (Phi) is 3.18. The first kappa shape index (κ1) is 15.3. The third-order valence-corrected chi connectivity index (χ3v) is 10.8. The molecule has 6 rings (SSSR count). The summed E-state index contributed by atoms with van der Waals surface area (Å²) in [6.45, 7) is 12.9. The normalized spacial score (nSPS) is 66.9. The molecule has 4 bridgehead atoms. The summed E-state index contributed by atoms with van der Waals surface area (Å²) in [5.74, 6) is 11.7. The molecule has 12 unspecified atom stereocenters. The summed E-state index contributed by atoms with van der Waals surface area (Å²) in [5.41, 5.74) is 0.778. The third-order valence-electron chi connectivity index (χ3n) is 10.8. The minimum Gasteiger partial charge on any atom is -0.0622 e. The van der Waals surface area contributed by atoms with Crippen LogP contribution in [0.5, 0.6) is 0 Å². The van der Waals surface area contributed by atoms with Gasteiger partial charge in [0.25, 0.3) is 0 Å². The third kappa shape index (κ3) is 1.75. The van der Waals surface area contributed by atoms with E-state index in [1.807, 2.05) is 0 Å². The van der Waals surface area contributed by atoms with Crippen LogP contribution >= 0.6 is 0 Å². The van der Waals surface area contributed by atoms with Crippen LogP contribution in [0.15, 0.2) is 0 Å². The SMILES string of the molecule is CC1CC2(C3CC4CC3C(C)C4C3CCC3C)CC(C1C)C2C. The number of hydrogen-bond acceptors (Lipinski definition) is 0. The van der Waals surface area contributed by atoms with Gasteiger partial charge in [0, 0.05) is 0 Å². The molecular weight excluding hydrogens is 276 g/mol. The fourth-order valence-corrected chi connectivity index (χ4v) is 9.21. The average molecular weight is 315 g/mol. The van der Waals surface area contributed by atoms with E-state index in [2.05, 4.69) is 34.6 Å². The van der Waals surface area contributed by atoms with Gasteiger partial charge in [0.1, 0.15) is 0 Å². The highest BCUT2D eigenvalue weighted by Crippen LogP contribution is 2.74. The fourth-order valence-electron chi connectivity index (χ4n) is 9.21. The highest BCUT2D eigenvalue weighted by molar-refractivity contribution is 5.15. The van der Waals surface area contributed by atoms with Crippen LogP contribution in [0.1, 0.15) is 73.1 Å². The molecular formula is C23H38. The van der Waals surface area contributed by atoms with Crippen molar-refractivity contribution in [2.45, 2.75) is 73.1 Å². The number of hydrogen-bond donors (Lipinski definition) is 0. The molecule has 0 aromatic heterocycles. The van der Waals surface area contributed by atoms with Crippen LogP contribution < -0.4 is 0 Å². The van der Waals surface area contributed by atoms with Crippen LogP contribution in [0.3, 0.4) is 0 Å². The predicted octanol–water partition coefficient (Wildman–Crippen LogP) is 6.26. The second kappa shape index (κ2) is 4.79. The molecule has 6 aliphatic rings. The number of fused-ring (bicyclic) bond motifs is 4. The lowest BCUT2D eigenvalue weighted by atomic mass is 9.37. The summed E-state index contributed by atoms with van der Waals surface area (Å²) in [4.78, 5) is 0. The minimum atomic E-state index is 0.778. The monoisotopic (exact) mass is 314 g/mol. The van der Waals surface area contributed by atoms with E-state index in [1.165, 1.54) is 6.42 Å². The zero-order valence-corrected chi connectivity index (χ0v) is 16.1. The van der Waals surface area contributed by atoms with Gasteiger partial charge in [-0.15, -0.1) is 0 Å². The summed E-state index contributed by atoms with van der Waals surface area (Å²) >= 11 is 0. The Balaban J connectivity index is 1.37. The van der Waals surface area contributed by atoms with Crippen molar-refractivity contribution in [3.05, 3.63) is 0 Å². The second-order valence-electron chi connectivity index (χ2n) is 11.1. The van der Waals surface area contributed by atoms with Crippen molar-refractivity contribution in [2.24, 2.45) is 70.5 Å². The molecule has 6 fully saturated rings. The quantitative estimate of drug-likeness (QED) is 0.564. The Hall–Kier alpha value is 0. The zero-order chi connectivity index (χ0) is 16.1. The van der Waals surface area contributed by atoms with E-state index in [4.69, 9.17) is 0 Å². The van der Waals surface area contributed by atoms with Crippen LogP contribution in [-0.2, 0) is 0 Å². The van der Waals surface area contributed by atoms with Gasteiger partial charge < -0.3 is 0 Å². The van der Waals surface area contributed by atoms with E-state index >= 15 is 0 Å². The van der Waals surface area contributed by atoms with Crippen LogP contribution in [0.25, 0.3) is 0 Å². The molecule has 0 saturated heterocycles. The lowest BCUT2D eigenvalue weighted by molar-refractivity contribution is -0.189. The van der Waals surface area contributed by atoms with Crippen LogP contribution in [0.2, 0.25) is 0 Å². The van der Waals surface area contributed by atoms with Crippen molar-refractivity contribution in [3.63, 3.8) is 0 Å². The van der Waals surface area contributed by atoms with E-state index in [0.717, 1.165) is 70.5 Å². The summed E-state index contributed by atoms with van der Waals surface area (Å²) in [7, 11) is 0. The van der Waals surface area contributed by atoms with Crippen LogP contribution in [-0.4, -0.2) is 0 Å². The molecule has 6 aliphatic carbocycles. The van der Waals surface area contributed by atoms with E-state index in [1.54, 1.807) is 32.1 Å². The first-order chi connectivity index (χ1) is 10.9. The molecule has 0 radical (unpaired) electrons. The summed E-state index contributed by atoms with van der Waals surface area (Å²) in [6.07, 6.45) is 9.49. The van der Waals surface area contributed by atoms with Crippen molar-refractivity contribution >= 4 is 0 Å².